The lowest BCUT2D eigenvalue weighted by Crippen LogP contribution is -2.29. The Balaban J connectivity index is 1.64. The van der Waals surface area contributed by atoms with Crippen molar-refractivity contribution in [3.63, 3.8) is 0 Å². The number of hydrogen-bond donors (Lipinski definition) is 1. The predicted molar refractivity (Wildman–Crippen MR) is 121 cm³/mol. The second kappa shape index (κ2) is 9.69. The smallest absolute Gasteiger partial charge is 0.331 e. The average molecular weight is 424 g/mol. The second-order valence-corrected chi connectivity index (χ2v) is 7.78. The Bertz CT molecular complexity index is 1010. The molecule has 31 heavy (non-hydrogen) atoms. The lowest BCUT2D eigenvalue weighted by molar-refractivity contribution is -0.148. The van der Waals surface area contributed by atoms with E-state index in [0.717, 1.165) is 34.4 Å². The van der Waals surface area contributed by atoms with Crippen molar-refractivity contribution in [2.75, 3.05) is 11.9 Å². The number of anilines is 1. The minimum atomic E-state index is -0.937. The Morgan fingerprint density at radius 2 is 2.03 bits per heavy atom. The molecule has 0 aromatic heterocycles. The maximum atomic E-state index is 12.4. The third-order valence-electron chi connectivity index (χ3n) is 5.03. The molecule has 2 aromatic carbocycles. The van der Waals surface area contributed by atoms with Gasteiger partial charge in [-0.25, -0.2) is 4.79 Å². The van der Waals surface area contributed by atoms with E-state index in [9.17, 15) is 9.59 Å². The van der Waals surface area contributed by atoms with Gasteiger partial charge in [0, 0.05) is 29.3 Å². The van der Waals surface area contributed by atoms with Crippen LogP contribution in [0.5, 0.6) is 11.5 Å². The molecule has 1 N–H and O–H groups in total. The van der Waals surface area contributed by atoms with Crippen LogP contribution in [-0.4, -0.2) is 30.7 Å². The van der Waals surface area contributed by atoms with Crippen LogP contribution in [0.25, 0.3) is 6.08 Å². The summed E-state index contributed by atoms with van der Waals surface area (Å²) in [5.41, 5.74) is 4.57. The zero-order valence-corrected chi connectivity index (χ0v) is 18.7. The fourth-order valence-electron chi connectivity index (χ4n) is 3.48. The van der Waals surface area contributed by atoms with E-state index in [0.29, 0.717) is 18.0 Å². The van der Waals surface area contributed by atoms with Crippen LogP contribution in [0.1, 0.15) is 43.0 Å². The Kier molecular flexibility index (Phi) is 7.00. The van der Waals surface area contributed by atoms with Crippen LogP contribution in [0.15, 0.2) is 36.4 Å². The number of carbonyl (C=O) groups excluding carboxylic acids is 2. The SMILES string of the molecule is CCOc1cc2c(cc1/C=C/C(=O)O[C@@H](C)C(=O)Nc1ccc(C)cc1C)O[C@H](C)C2. The Morgan fingerprint density at radius 3 is 2.74 bits per heavy atom. The molecule has 1 aliphatic heterocycles. The summed E-state index contributed by atoms with van der Waals surface area (Å²) < 4.78 is 16.8. The molecule has 1 heterocycles. The van der Waals surface area contributed by atoms with Crippen LogP contribution in [0.2, 0.25) is 0 Å². The summed E-state index contributed by atoms with van der Waals surface area (Å²) in [4.78, 5) is 24.7. The Morgan fingerprint density at radius 1 is 1.26 bits per heavy atom. The molecule has 6 heteroatoms. The first-order valence-corrected chi connectivity index (χ1v) is 10.5. The van der Waals surface area contributed by atoms with E-state index in [2.05, 4.69) is 5.32 Å². The lowest BCUT2D eigenvalue weighted by Gasteiger charge is -2.14. The number of hydrogen-bond acceptors (Lipinski definition) is 5. The van der Waals surface area contributed by atoms with Gasteiger partial charge in [0.1, 0.15) is 17.6 Å². The van der Waals surface area contributed by atoms with E-state index in [4.69, 9.17) is 14.2 Å². The number of aryl methyl sites for hydroxylation is 2. The van der Waals surface area contributed by atoms with Crippen LogP contribution in [0.3, 0.4) is 0 Å². The zero-order chi connectivity index (χ0) is 22.5. The summed E-state index contributed by atoms with van der Waals surface area (Å²) >= 11 is 0. The summed E-state index contributed by atoms with van der Waals surface area (Å²) in [5, 5.41) is 2.80. The normalized spacial score (nSPS) is 15.8. The molecular weight excluding hydrogens is 394 g/mol. The molecule has 6 nitrogen and oxygen atoms in total. The molecular formula is C25H29NO5. The van der Waals surface area contributed by atoms with Crippen molar-refractivity contribution in [1.82, 2.24) is 0 Å². The molecule has 0 radical (unpaired) electrons. The highest BCUT2D eigenvalue weighted by Gasteiger charge is 2.22. The van der Waals surface area contributed by atoms with Gasteiger partial charge in [-0.3, -0.25) is 4.79 Å². The van der Waals surface area contributed by atoms with E-state index in [1.54, 1.807) is 13.0 Å². The molecule has 1 amide bonds. The molecule has 2 aromatic rings. The highest BCUT2D eigenvalue weighted by molar-refractivity contribution is 5.97. The first-order chi connectivity index (χ1) is 14.8. The van der Waals surface area contributed by atoms with Gasteiger partial charge in [-0.15, -0.1) is 0 Å². The zero-order valence-electron chi connectivity index (χ0n) is 18.7. The van der Waals surface area contributed by atoms with Crippen LogP contribution >= 0.6 is 0 Å². The fraction of sp³-hybridized carbons (Fsp3) is 0.360. The van der Waals surface area contributed by atoms with Gasteiger partial charge < -0.3 is 19.5 Å². The number of amides is 1. The maximum Gasteiger partial charge on any atom is 0.331 e. The topological polar surface area (TPSA) is 73.9 Å². The molecule has 0 saturated carbocycles. The maximum absolute atomic E-state index is 12.4. The van der Waals surface area contributed by atoms with Gasteiger partial charge in [0.25, 0.3) is 5.91 Å². The molecule has 0 unspecified atom stereocenters. The highest BCUT2D eigenvalue weighted by Crippen LogP contribution is 2.35. The van der Waals surface area contributed by atoms with E-state index < -0.39 is 12.1 Å². The molecule has 0 bridgehead atoms. The number of carbonyl (C=O) groups is 2. The predicted octanol–water partition coefficient (Wildman–Crippen LogP) is 4.61. The van der Waals surface area contributed by atoms with Gasteiger partial charge in [0.15, 0.2) is 6.10 Å². The molecule has 0 spiro atoms. The summed E-state index contributed by atoms with van der Waals surface area (Å²) in [7, 11) is 0. The number of fused-ring (bicyclic) bond motifs is 1. The number of esters is 1. The Labute approximate surface area is 183 Å². The summed E-state index contributed by atoms with van der Waals surface area (Å²) in [6.45, 7) is 9.87. The lowest BCUT2D eigenvalue weighted by atomic mass is 10.1. The van der Waals surface area contributed by atoms with Gasteiger partial charge in [-0.05, 0) is 64.5 Å². The number of ether oxygens (including phenoxy) is 3. The largest absolute Gasteiger partial charge is 0.493 e. The summed E-state index contributed by atoms with van der Waals surface area (Å²) in [6.07, 6.45) is 2.92. The minimum Gasteiger partial charge on any atom is -0.493 e. The highest BCUT2D eigenvalue weighted by atomic mass is 16.5. The van der Waals surface area contributed by atoms with Crippen molar-refractivity contribution < 1.29 is 23.8 Å². The Hall–Kier alpha value is -3.28. The van der Waals surface area contributed by atoms with Crippen LogP contribution in [0.4, 0.5) is 5.69 Å². The summed E-state index contributed by atoms with van der Waals surface area (Å²) in [6, 6.07) is 9.55. The van der Waals surface area contributed by atoms with Crippen LogP contribution in [0, 0.1) is 13.8 Å². The molecule has 0 fully saturated rings. The van der Waals surface area contributed by atoms with Crippen molar-refractivity contribution >= 4 is 23.6 Å². The van der Waals surface area contributed by atoms with Gasteiger partial charge in [-0.1, -0.05) is 17.7 Å². The fourth-order valence-corrected chi connectivity index (χ4v) is 3.48. The second-order valence-electron chi connectivity index (χ2n) is 7.78. The van der Waals surface area contributed by atoms with Crippen molar-refractivity contribution in [2.24, 2.45) is 0 Å². The molecule has 3 rings (SSSR count). The van der Waals surface area contributed by atoms with Crippen molar-refractivity contribution in [3.8, 4) is 11.5 Å². The van der Waals surface area contributed by atoms with Crippen molar-refractivity contribution in [2.45, 2.75) is 53.2 Å². The molecule has 0 saturated heterocycles. The van der Waals surface area contributed by atoms with Crippen molar-refractivity contribution in [1.29, 1.82) is 0 Å². The average Bonchev–Trinajstić information content (AvgIpc) is 3.07. The van der Waals surface area contributed by atoms with E-state index in [-0.39, 0.29) is 12.0 Å². The first kappa shape index (κ1) is 22.4. The van der Waals surface area contributed by atoms with E-state index in [1.165, 1.54) is 6.08 Å². The van der Waals surface area contributed by atoms with E-state index in [1.807, 2.05) is 58.0 Å². The monoisotopic (exact) mass is 423 g/mol. The first-order valence-electron chi connectivity index (χ1n) is 10.5. The van der Waals surface area contributed by atoms with Gasteiger partial charge >= 0.3 is 5.97 Å². The number of nitrogens with one attached hydrogen (secondary N) is 1. The number of rotatable bonds is 7. The van der Waals surface area contributed by atoms with Gasteiger partial charge in [0.05, 0.1) is 6.61 Å². The standard InChI is InChI=1S/C25H29NO5/c1-6-29-22-14-20-12-17(4)30-23(20)13-19(22)8-10-24(27)31-18(5)25(28)26-21-9-7-15(2)11-16(21)3/h7-11,13-14,17-18H,6,12H2,1-5H3,(H,26,28)/b10-8+/t17-,18+/m1/s1. The quantitative estimate of drug-likeness (QED) is 0.520. The van der Waals surface area contributed by atoms with Gasteiger partial charge in [0.2, 0.25) is 0 Å². The number of benzene rings is 2. The molecule has 1 aliphatic rings. The van der Waals surface area contributed by atoms with Crippen LogP contribution < -0.4 is 14.8 Å². The van der Waals surface area contributed by atoms with Crippen molar-refractivity contribution in [3.05, 3.63) is 58.7 Å². The summed E-state index contributed by atoms with van der Waals surface area (Å²) in [5.74, 6) is 0.484. The molecule has 2 atom stereocenters. The van der Waals surface area contributed by atoms with Gasteiger partial charge in [-0.2, -0.15) is 0 Å². The minimum absolute atomic E-state index is 0.116. The molecule has 0 aliphatic carbocycles. The van der Waals surface area contributed by atoms with Crippen LogP contribution in [-0.2, 0) is 20.7 Å². The third-order valence-corrected chi connectivity index (χ3v) is 5.03. The van der Waals surface area contributed by atoms with E-state index >= 15 is 0 Å². The third kappa shape index (κ3) is 5.66. The molecule has 164 valence electrons.